The minimum Gasteiger partial charge on any atom is -0.496 e. The Morgan fingerprint density at radius 1 is 0.912 bits per heavy atom. The van der Waals surface area contributed by atoms with Gasteiger partial charge in [-0.1, -0.05) is 54.6 Å². The van der Waals surface area contributed by atoms with E-state index in [1.165, 1.54) is 5.56 Å². The van der Waals surface area contributed by atoms with Gasteiger partial charge in [-0.2, -0.15) is 0 Å². The first-order chi connectivity index (χ1) is 16.7. The molecule has 0 aromatic heterocycles. The summed E-state index contributed by atoms with van der Waals surface area (Å²) >= 11 is 0. The number of benzene rings is 3. The number of nitrogens with zero attached hydrogens (tertiary/aromatic N) is 2. The van der Waals surface area contributed by atoms with Gasteiger partial charge in [0.05, 0.1) is 7.11 Å². The average Bonchev–Trinajstić information content (AvgIpc) is 3.36. The second-order valence-corrected chi connectivity index (χ2v) is 8.42. The van der Waals surface area contributed by atoms with Crippen molar-refractivity contribution in [1.29, 1.82) is 0 Å². The fourth-order valence-corrected chi connectivity index (χ4v) is 4.40. The number of methoxy groups -OCH3 is 1. The molecule has 2 heterocycles. The number of para-hydroxylation sites is 1. The van der Waals surface area contributed by atoms with E-state index in [1.807, 2.05) is 77.7 Å². The minimum absolute atomic E-state index is 0.0415. The van der Waals surface area contributed by atoms with Crippen LogP contribution in [0.25, 0.3) is 11.6 Å². The van der Waals surface area contributed by atoms with E-state index in [0.717, 1.165) is 48.0 Å². The molecule has 0 atom stereocenters. The van der Waals surface area contributed by atoms with Crippen molar-refractivity contribution in [2.45, 2.75) is 6.54 Å². The number of carbonyl (C=O) groups is 1. The van der Waals surface area contributed by atoms with E-state index in [4.69, 9.17) is 14.2 Å². The molecule has 0 saturated carbocycles. The summed E-state index contributed by atoms with van der Waals surface area (Å²) in [5.41, 5.74) is 3.65. The predicted molar refractivity (Wildman–Crippen MR) is 132 cm³/mol. The number of ether oxygens (including phenoxy) is 3. The van der Waals surface area contributed by atoms with Crippen molar-refractivity contribution in [2.75, 3.05) is 40.1 Å². The first-order valence-corrected chi connectivity index (χ1v) is 11.5. The zero-order valence-corrected chi connectivity index (χ0v) is 19.3. The van der Waals surface area contributed by atoms with E-state index < -0.39 is 0 Å². The van der Waals surface area contributed by atoms with Crippen molar-refractivity contribution >= 4 is 17.6 Å². The third-order valence-corrected chi connectivity index (χ3v) is 6.26. The molecule has 0 spiro atoms. The molecular weight excluding hydrogens is 428 g/mol. The highest BCUT2D eigenvalue weighted by molar-refractivity contribution is 6.24. The van der Waals surface area contributed by atoms with E-state index in [1.54, 1.807) is 7.11 Å². The van der Waals surface area contributed by atoms with Gasteiger partial charge in [-0.05, 0) is 35.4 Å². The first-order valence-electron chi connectivity index (χ1n) is 11.5. The zero-order valence-electron chi connectivity index (χ0n) is 19.3. The molecule has 2 aliphatic rings. The van der Waals surface area contributed by atoms with Gasteiger partial charge in [0.1, 0.15) is 5.75 Å². The Labute approximate surface area is 200 Å². The summed E-state index contributed by atoms with van der Waals surface area (Å²) in [4.78, 5) is 18.0. The van der Waals surface area contributed by atoms with Crippen LogP contribution in [0.1, 0.15) is 16.7 Å². The van der Waals surface area contributed by atoms with Crippen LogP contribution >= 0.6 is 0 Å². The van der Waals surface area contributed by atoms with Crippen LogP contribution in [0.15, 0.2) is 72.8 Å². The lowest BCUT2D eigenvalue weighted by atomic mass is 10.0. The normalized spacial score (nSPS) is 15.9. The molecule has 0 radical (unpaired) electrons. The number of piperazine rings is 1. The van der Waals surface area contributed by atoms with Gasteiger partial charge in [0, 0.05) is 43.9 Å². The Kier molecular flexibility index (Phi) is 6.49. The number of hydrogen-bond donors (Lipinski definition) is 0. The van der Waals surface area contributed by atoms with Crippen molar-refractivity contribution < 1.29 is 19.0 Å². The minimum atomic E-state index is 0.0415. The summed E-state index contributed by atoms with van der Waals surface area (Å²) in [6.07, 6.45) is 1.94. The molecule has 6 nitrogen and oxygen atoms in total. The number of amides is 1. The standard InChI is InChI=1S/C28H28N2O4/c1-32-25-10-6-5-9-23(25)18-24(22-7-3-2-4-8-22)28(31)30-15-13-29(14-16-30)19-21-11-12-26-27(17-21)34-20-33-26/h2-12,17-18H,13-16,19-20H2,1H3. The molecule has 1 amide bonds. The summed E-state index contributed by atoms with van der Waals surface area (Å²) < 4.78 is 16.4. The third-order valence-electron chi connectivity index (χ3n) is 6.26. The molecule has 5 rings (SSSR count). The van der Waals surface area contributed by atoms with E-state index in [-0.39, 0.29) is 12.7 Å². The SMILES string of the molecule is COc1ccccc1C=C(C(=O)N1CCN(Cc2ccc3c(c2)OCO3)CC1)c1ccccc1. The highest BCUT2D eigenvalue weighted by Crippen LogP contribution is 2.33. The average molecular weight is 457 g/mol. The van der Waals surface area contributed by atoms with Gasteiger partial charge in [0.25, 0.3) is 5.91 Å². The summed E-state index contributed by atoms with van der Waals surface area (Å²) in [6.45, 7) is 4.10. The molecule has 0 unspecified atom stereocenters. The fraction of sp³-hybridized carbons (Fsp3) is 0.250. The van der Waals surface area contributed by atoms with Crippen LogP contribution in [0.3, 0.4) is 0 Å². The Bertz CT molecular complexity index is 1180. The van der Waals surface area contributed by atoms with Crippen molar-refractivity contribution in [3.8, 4) is 17.2 Å². The fourth-order valence-electron chi connectivity index (χ4n) is 4.40. The number of fused-ring (bicyclic) bond motifs is 1. The molecular formula is C28H28N2O4. The molecule has 3 aromatic carbocycles. The predicted octanol–water partition coefficient (Wildman–Crippen LogP) is 4.31. The maximum Gasteiger partial charge on any atom is 0.254 e. The van der Waals surface area contributed by atoms with Crippen LogP contribution in [0.2, 0.25) is 0 Å². The molecule has 174 valence electrons. The molecule has 1 saturated heterocycles. The van der Waals surface area contributed by atoms with E-state index in [2.05, 4.69) is 11.0 Å². The lowest BCUT2D eigenvalue weighted by Crippen LogP contribution is -2.48. The van der Waals surface area contributed by atoms with Gasteiger partial charge in [-0.3, -0.25) is 9.69 Å². The molecule has 1 fully saturated rings. The number of rotatable bonds is 6. The summed E-state index contributed by atoms with van der Waals surface area (Å²) in [6, 6.07) is 23.7. The topological polar surface area (TPSA) is 51.2 Å². The Hall–Kier alpha value is -3.77. The lowest BCUT2D eigenvalue weighted by Gasteiger charge is -2.35. The summed E-state index contributed by atoms with van der Waals surface area (Å²) in [7, 11) is 1.65. The van der Waals surface area contributed by atoms with Gasteiger partial charge in [-0.25, -0.2) is 0 Å². The second kappa shape index (κ2) is 10.0. The van der Waals surface area contributed by atoms with Crippen LogP contribution < -0.4 is 14.2 Å². The van der Waals surface area contributed by atoms with Crippen LogP contribution in [0, 0.1) is 0 Å². The quantitative estimate of drug-likeness (QED) is 0.409. The molecule has 3 aromatic rings. The molecule has 0 bridgehead atoms. The largest absolute Gasteiger partial charge is 0.496 e. The third kappa shape index (κ3) is 4.77. The lowest BCUT2D eigenvalue weighted by molar-refractivity contribution is -0.126. The van der Waals surface area contributed by atoms with Gasteiger partial charge >= 0.3 is 0 Å². The highest BCUT2D eigenvalue weighted by atomic mass is 16.7. The van der Waals surface area contributed by atoms with E-state index >= 15 is 0 Å². The van der Waals surface area contributed by atoms with Gasteiger partial charge in [0.15, 0.2) is 11.5 Å². The van der Waals surface area contributed by atoms with Gasteiger partial charge < -0.3 is 19.1 Å². The monoisotopic (exact) mass is 456 g/mol. The Morgan fingerprint density at radius 2 is 1.65 bits per heavy atom. The zero-order chi connectivity index (χ0) is 23.3. The smallest absolute Gasteiger partial charge is 0.254 e. The van der Waals surface area contributed by atoms with Crippen molar-refractivity contribution in [2.24, 2.45) is 0 Å². The molecule has 0 aliphatic carbocycles. The van der Waals surface area contributed by atoms with Crippen molar-refractivity contribution in [3.05, 3.63) is 89.5 Å². The first kappa shape index (κ1) is 22.0. The van der Waals surface area contributed by atoms with Crippen LogP contribution in [-0.2, 0) is 11.3 Å². The number of carbonyl (C=O) groups excluding carboxylic acids is 1. The van der Waals surface area contributed by atoms with Crippen LogP contribution in [-0.4, -0.2) is 55.8 Å². The van der Waals surface area contributed by atoms with Crippen LogP contribution in [0.4, 0.5) is 0 Å². The number of hydrogen-bond acceptors (Lipinski definition) is 5. The van der Waals surface area contributed by atoms with Gasteiger partial charge in [0.2, 0.25) is 6.79 Å². The Morgan fingerprint density at radius 3 is 2.44 bits per heavy atom. The van der Waals surface area contributed by atoms with E-state index in [0.29, 0.717) is 18.7 Å². The summed E-state index contributed by atoms with van der Waals surface area (Å²) in [5.74, 6) is 2.40. The Balaban J connectivity index is 1.30. The summed E-state index contributed by atoms with van der Waals surface area (Å²) in [5, 5.41) is 0. The van der Waals surface area contributed by atoms with Crippen molar-refractivity contribution in [3.63, 3.8) is 0 Å². The highest BCUT2D eigenvalue weighted by Gasteiger charge is 2.25. The maximum absolute atomic E-state index is 13.7. The molecule has 0 N–H and O–H groups in total. The van der Waals surface area contributed by atoms with Crippen LogP contribution in [0.5, 0.6) is 17.2 Å². The van der Waals surface area contributed by atoms with E-state index in [9.17, 15) is 4.79 Å². The van der Waals surface area contributed by atoms with Crippen molar-refractivity contribution in [1.82, 2.24) is 9.80 Å². The van der Waals surface area contributed by atoms with Gasteiger partial charge in [-0.15, -0.1) is 0 Å². The molecule has 6 heteroatoms. The maximum atomic E-state index is 13.7. The second-order valence-electron chi connectivity index (χ2n) is 8.42. The molecule has 2 aliphatic heterocycles. The molecule has 34 heavy (non-hydrogen) atoms.